The van der Waals surface area contributed by atoms with Crippen molar-refractivity contribution in [3.63, 3.8) is 0 Å². The molecule has 0 bridgehead atoms. The van der Waals surface area contributed by atoms with Gasteiger partial charge in [-0.3, -0.25) is 0 Å². The molecule has 1 aromatic carbocycles. The zero-order valence-electron chi connectivity index (χ0n) is 15.5. The van der Waals surface area contributed by atoms with Crippen molar-refractivity contribution in [2.45, 2.75) is 30.8 Å². The summed E-state index contributed by atoms with van der Waals surface area (Å²) >= 11 is 0. The number of hydrogen-bond acceptors (Lipinski definition) is 6. The minimum Gasteiger partial charge on any atom is -0.485 e. The second-order valence-electron chi connectivity index (χ2n) is 7.28. The summed E-state index contributed by atoms with van der Waals surface area (Å²) in [6.45, 7) is 0.968. The van der Waals surface area contributed by atoms with E-state index in [2.05, 4.69) is 19.9 Å². The van der Waals surface area contributed by atoms with E-state index in [9.17, 15) is 8.78 Å². The maximum absolute atomic E-state index is 14.2. The number of hydrogen-bond donors (Lipinski definition) is 0. The molecule has 0 unspecified atom stereocenters. The molecule has 1 saturated heterocycles. The molecule has 2 fully saturated rings. The molecule has 0 spiro atoms. The van der Waals surface area contributed by atoms with Crippen LogP contribution in [0.5, 0.6) is 5.75 Å². The van der Waals surface area contributed by atoms with Crippen LogP contribution in [0, 0.1) is 11.6 Å². The van der Waals surface area contributed by atoms with E-state index in [4.69, 9.17) is 9.47 Å². The molecule has 3 heterocycles. The quantitative estimate of drug-likeness (QED) is 0.656. The molecule has 148 valence electrons. The Morgan fingerprint density at radius 3 is 2.38 bits per heavy atom. The molecule has 0 amide bonds. The van der Waals surface area contributed by atoms with Crippen molar-refractivity contribution in [3.05, 3.63) is 65.7 Å². The summed E-state index contributed by atoms with van der Waals surface area (Å²) in [6, 6.07) is 4.59. The highest BCUT2D eigenvalue weighted by atomic mass is 19.2. The Hall–Kier alpha value is -3.00. The maximum Gasteiger partial charge on any atom is 0.200 e. The number of halogens is 2. The van der Waals surface area contributed by atoms with Gasteiger partial charge in [-0.05, 0) is 47.6 Å². The average molecular weight is 396 g/mol. The molecule has 1 aliphatic heterocycles. The highest BCUT2D eigenvalue weighted by Gasteiger charge is 2.41. The number of benzene rings is 1. The first kappa shape index (κ1) is 18.1. The molecule has 0 N–H and O–H groups in total. The Morgan fingerprint density at radius 2 is 1.66 bits per heavy atom. The lowest BCUT2D eigenvalue weighted by molar-refractivity contribution is 0.137. The molecule has 0 radical (unpaired) electrons. The van der Waals surface area contributed by atoms with Gasteiger partial charge in [-0.1, -0.05) is 0 Å². The second-order valence-corrected chi connectivity index (χ2v) is 7.28. The smallest absolute Gasteiger partial charge is 0.200 e. The Bertz CT molecular complexity index is 1010. The summed E-state index contributed by atoms with van der Waals surface area (Å²) in [7, 11) is 0. The zero-order valence-corrected chi connectivity index (χ0v) is 15.5. The third-order valence-corrected chi connectivity index (χ3v) is 5.28. The molecule has 2 aliphatic rings. The van der Waals surface area contributed by atoms with E-state index in [0.717, 1.165) is 17.5 Å². The van der Waals surface area contributed by atoms with E-state index in [0.29, 0.717) is 31.3 Å². The Labute approximate surface area is 166 Å². The Morgan fingerprint density at radius 1 is 0.931 bits per heavy atom. The second kappa shape index (κ2) is 7.44. The minimum atomic E-state index is -0.951. The molecular weight excluding hydrogens is 378 g/mol. The Balaban J connectivity index is 1.33. The summed E-state index contributed by atoms with van der Waals surface area (Å²) < 4.78 is 39.2. The fraction of sp³-hybridized carbons (Fsp3) is 0.333. The van der Waals surface area contributed by atoms with Gasteiger partial charge in [0.2, 0.25) is 5.82 Å². The SMILES string of the molecule is Fc1cc([C@H]2C[C@H]2c2cnc(-c3ncccn3)nc2)cc(O[C@@H]2CCOC2)c1F. The highest BCUT2D eigenvalue weighted by Crippen LogP contribution is 2.55. The van der Waals surface area contributed by atoms with Crippen molar-refractivity contribution in [1.29, 1.82) is 0 Å². The van der Waals surface area contributed by atoms with E-state index in [1.54, 1.807) is 36.9 Å². The van der Waals surface area contributed by atoms with Crippen molar-refractivity contribution >= 4 is 0 Å². The van der Waals surface area contributed by atoms with Crippen LogP contribution in [0.15, 0.2) is 43.0 Å². The lowest BCUT2D eigenvalue weighted by Gasteiger charge is -2.14. The molecule has 3 aromatic rings. The van der Waals surface area contributed by atoms with E-state index < -0.39 is 11.6 Å². The van der Waals surface area contributed by atoms with Crippen molar-refractivity contribution in [1.82, 2.24) is 19.9 Å². The largest absolute Gasteiger partial charge is 0.485 e. The summed E-state index contributed by atoms with van der Waals surface area (Å²) in [5.74, 6) is -0.737. The van der Waals surface area contributed by atoms with Gasteiger partial charge in [0.1, 0.15) is 6.10 Å². The molecule has 6 nitrogen and oxygen atoms in total. The molecule has 29 heavy (non-hydrogen) atoms. The average Bonchev–Trinajstić information content (AvgIpc) is 3.40. The van der Waals surface area contributed by atoms with Gasteiger partial charge in [0, 0.05) is 31.2 Å². The lowest BCUT2D eigenvalue weighted by atomic mass is 10.1. The van der Waals surface area contributed by atoms with Gasteiger partial charge in [0.15, 0.2) is 23.2 Å². The van der Waals surface area contributed by atoms with Crippen LogP contribution in [-0.4, -0.2) is 39.3 Å². The predicted molar refractivity (Wildman–Crippen MR) is 99.4 cm³/mol. The Kier molecular flexibility index (Phi) is 4.63. The standard InChI is InChI=1S/C21H18F2N4O2/c22-17-6-12(7-18(19(17)23)29-14-2-5-28-11-14)15-8-16(15)13-9-26-21(27-10-13)20-24-3-1-4-25-20/h1,3-4,6-7,9-10,14-16H,2,5,8,11H2/t14-,15-,16+/m1/s1. The summed E-state index contributed by atoms with van der Waals surface area (Å²) in [4.78, 5) is 17.0. The normalized spacial score (nSPS) is 23.2. The van der Waals surface area contributed by atoms with Gasteiger partial charge in [0.25, 0.3) is 0 Å². The van der Waals surface area contributed by atoms with E-state index in [1.165, 1.54) is 6.07 Å². The number of rotatable bonds is 5. The minimum absolute atomic E-state index is 0.0472. The van der Waals surface area contributed by atoms with Crippen molar-refractivity contribution in [3.8, 4) is 17.4 Å². The lowest BCUT2D eigenvalue weighted by Crippen LogP contribution is -2.17. The summed E-state index contributed by atoms with van der Waals surface area (Å²) in [6.07, 6.45) is 8.02. The van der Waals surface area contributed by atoms with Gasteiger partial charge in [0.05, 0.1) is 13.2 Å². The van der Waals surface area contributed by atoms with E-state index in [1.807, 2.05) is 0 Å². The fourth-order valence-corrected chi connectivity index (χ4v) is 3.66. The maximum atomic E-state index is 14.2. The number of aromatic nitrogens is 4. The van der Waals surface area contributed by atoms with Gasteiger partial charge >= 0.3 is 0 Å². The van der Waals surface area contributed by atoms with Crippen LogP contribution in [0.1, 0.15) is 35.8 Å². The van der Waals surface area contributed by atoms with Crippen LogP contribution in [0.3, 0.4) is 0 Å². The van der Waals surface area contributed by atoms with Gasteiger partial charge in [-0.15, -0.1) is 0 Å². The van der Waals surface area contributed by atoms with Crippen LogP contribution in [-0.2, 0) is 4.74 Å². The molecule has 3 atom stereocenters. The summed E-state index contributed by atoms with van der Waals surface area (Å²) in [5.41, 5.74) is 1.67. The van der Waals surface area contributed by atoms with Crippen LogP contribution in [0.25, 0.3) is 11.6 Å². The van der Waals surface area contributed by atoms with Crippen LogP contribution >= 0.6 is 0 Å². The third-order valence-electron chi connectivity index (χ3n) is 5.28. The topological polar surface area (TPSA) is 70.0 Å². The van der Waals surface area contributed by atoms with E-state index >= 15 is 0 Å². The van der Waals surface area contributed by atoms with Crippen molar-refractivity contribution < 1.29 is 18.3 Å². The summed E-state index contributed by atoms with van der Waals surface area (Å²) in [5, 5.41) is 0. The van der Waals surface area contributed by atoms with Crippen molar-refractivity contribution in [2.24, 2.45) is 0 Å². The van der Waals surface area contributed by atoms with Gasteiger partial charge in [-0.2, -0.15) is 4.39 Å². The molecular formula is C21H18F2N4O2. The van der Waals surface area contributed by atoms with Crippen LogP contribution in [0.2, 0.25) is 0 Å². The number of ether oxygens (including phenoxy) is 2. The van der Waals surface area contributed by atoms with Crippen LogP contribution in [0.4, 0.5) is 8.78 Å². The number of nitrogens with zero attached hydrogens (tertiary/aromatic N) is 4. The molecule has 8 heteroatoms. The fourth-order valence-electron chi connectivity index (χ4n) is 3.66. The molecule has 1 aliphatic carbocycles. The zero-order chi connectivity index (χ0) is 19.8. The van der Waals surface area contributed by atoms with Gasteiger partial charge in [-0.25, -0.2) is 24.3 Å². The first-order chi connectivity index (χ1) is 14.2. The van der Waals surface area contributed by atoms with Crippen molar-refractivity contribution in [2.75, 3.05) is 13.2 Å². The molecule has 1 saturated carbocycles. The molecule has 2 aromatic heterocycles. The van der Waals surface area contributed by atoms with Gasteiger partial charge < -0.3 is 9.47 Å². The monoisotopic (exact) mass is 396 g/mol. The van der Waals surface area contributed by atoms with Crippen LogP contribution < -0.4 is 4.74 Å². The predicted octanol–water partition coefficient (Wildman–Crippen LogP) is 3.65. The first-order valence-corrected chi connectivity index (χ1v) is 9.51. The third kappa shape index (κ3) is 3.67. The molecule has 5 rings (SSSR count). The first-order valence-electron chi connectivity index (χ1n) is 9.51. The van der Waals surface area contributed by atoms with E-state index in [-0.39, 0.29) is 23.7 Å². The highest BCUT2D eigenvalue weighted by molar-refractivity contribution is 5.44.